The molecule has 6 nitrogen and oxygen atoms in total. The molecule has 7 heteroatoms. The molecule has 0 aliphatic carbocycles. The van der Waals surface area contributed by atoms with E-state index in [1.165, 1.54) is 11.3 Å². The number of nitrogens with one attached hydrogen (secondary N) is 1. The van der Waals surface area contributed by atoms with Gasteiger partial charge in [-0.1, -0.05) is 38.1 Å². The van der Waals surface area contributed by atoms with E-state index in [9.17, 15) is 14.4 Å². The Labute approximate surface area is 162 Å². The van der Waals surface area contributed by atoms with Crippen LogP contribution in [0.15, 0.2) is 41.8 Å². The van der Waals surface area contributed by atoms with Crippen molar-refractivity contribution >= 4 is 34.8 Å². The third-order valence-electron chi connectivity index (χ3n) is 4.48. The van der Waals surface area contributed by atoms with Crippen molar-refractivity contribution in [1.29, 1.82) is 0 Å². The number of fused-ring (bicyclic) bond motifs is 1. The lowest BCUT2D eigenvalue weighted by Crippen LogP contribution is -2.46. The maximum absolute atomic E-state index is 12.5. The molecule has 0 spiro atoms. The third-order valence-corrected chi connectivity index (χ3v) is 5.35. The van der Waals surface area contributed by atoms with E-state index in [2.05, 4.69) is 5.32 Å². The molecule has 0 saturated carbocycles. The zero-order valence-corrected chi connectivity index (χ0v) is 16.1. The first-order valence-corrected chi connectivity index (χ1v) is 9.74. The summed E-state index contributed by atoms with van der Waals surface area (Å²) < 4.78 is 5.23. The molecule has 1 aromatic heterocycles. The first-order chi connectivity index (χ1) is 13.0. The van der Waals surface area contributed by atoms with Crippen molar-refractivity contribution in [3.8, 4) is 0 Å². The Morgan fingerprint density at radius 1 is 1.19 bits per heavy atom. The summed E-state index contributed by atoms with van der Waals surface area (Å²) >= 11 is 1.30. The van der Waals surface area contributed by atoms with Gasteiger partial charge in [0.1, 0.15) is 6.04 Å². The van der Waals surface area contributed by atoms with Crippen molar-refractivity contribution in [3.05, 3.63) is 52.2 Å². The van der Waals surface area contributed by atoms with Crippen molar-refractivity contribution < 1.29 is 19.1 Å². The Bertz CT molecular complexity index is 832. The van der Waals surface area contributed by atoms with E-state index >= 15 is 0 Å². The molecule has 1 unspecified atom stereocenters. The van der Waals surface area contributed by atoms with Crippen LogP contribution in [0.1, 0.15) is 29.1 Å². The molecule has 2 amide bonds. The van der Waals surface area contributed by atoms with Crippen LogP contribution in [0.25, 0.3) is 0 Å². The number of carbonyl (C=O) groups is 3. The van der Waals surface area contributed by atoms with E-state index in [0.29, 0.717) is 11.4 Å². The van der Waals surface area contributed by atoms with Crippen LogP contribution in [0.2, 0.25) is 0 Å². The number of amides is 2. The molecule has 27 heavy (non-hydrogen) atoms. The number of esters is 1. The molecular weight excluding hydrogens is 364 g/mol. The molecular formula is C20H22N2O4S. The number of hydrogen-bond acceptors (Lipinski definition) is 5. The van der Waals surface area contributed by atoms with E-state index < -0.39 is 12.0 Å². The maximum atomic E-state index is 12.5. The number of thiophene rings is 1. The van der Waals surface area contributed by atoms with Crippen molar-refractivity contribution in [2.75, 3.05) is 18.1 Å². The smallest absolute Gasteiger partial charge is 0.329 e. The molecule has 142 valence electrons. The summed E-state index contributed by atoms with van der Waals surface area (Å²) in [7, 11) is 0. The first kappa shape index (κ1) is 19.1. The largest absolute Gasteiger partial charge is 0.454 e. The van der Waals surface area contributed by atoms with Gasteiger partial charge in [0, 0.05) is 12.2 Å². The van der Waals surface area contributed by atoms with Gasteiger partial charge < -0.3 is 15.0 Å². The van der Waals surface area contributed by atoms with E-state index in [1.54, 1.807) is 22.4 Å². The van der Waals surface area contributed by atoms with Crippen molar-refractivity contribution in [2.45, 2.75) is 26.3 Å². The predicted octanol–water partition coefficient (Wildman–Crippen LogP) is 2.64. The van der Waals surface area contributed by atoms with Gasteiger partial charge in [0.15, 0.2) is 6.61 Å². The Hall–Kier alpha value is -2.67. The standard InChI is InChI=1S/C20H22N2O4S/c1-13(2)18(21-19(24)16-8-5-11-27-16)20(25)26-12-17(23)22-10-9-14-6-3-4-7-15(14)22/h3-8,11,13,18H,9-10,12H2,1-2H3,(H,21,24). The second-order valence-corrected chi connectivity index (χ2v) is 7.65. The van der Waals surface area contributed by atoms with Gasteiger partial charge in [-0.05, 0) is 35.4 Å². The Balaban J connectivity index is 1.58. The second kappa shape index (κ2) is 8.35. The molecule has 0 saturated heterocycles. The normalized spacial score (nSPS) is 14.0. The molecule has 1 aliphatic rings. The highest BCUT2D eigenvalue weighted by molar-refractivity contribution is 7.12. The van der Waals surface area contributed by atoms with E-state index in [1.807, 2.05) is 38.1 Å². The van der Waals surface area contributed by atoms with Crippen LogP contribution in [-0.4, -0.2) is 37.0 Å². The molecule has 1 aliphatic heterocycles. The second-order valence-electron chi connectivity index (χ2n) is 6.70. The number of nitrogens with zero attached hydrogens (tertiary/aromatic N) is 1. The van der Waals surface area contributed by atoms with E-state index in [0.717, 1.165) is 17.7 Å². The van der Waals surface area contributed by atoms with E-state index in [4.69, 9.17) is 4.74 Å². The van der Waals surface area contributed by atoms with E-state index in [-0.39, 0.29) is 24.3 Å². The average molecular weight is 386 g/mol. The molecule has 0 fully saturated rings. The Morgan fingerprint density at radius 3 is 2.67 bits per heavy atom. The summed E-state index contributed by atoms with van der Waals surface area (Å²) in [6.45, 7) is 3.88. The zero-order valence-electron chi connectivity index (χ0n) is 15.3. The minimum atomic E-state index is -0.807. The number of para-hydroxylation sites is 1. The minimum absolute atomic E-state index is 0.163. The van der Waals surface area contributed by atoms with Gasteiger partial charge in [-0.2, -0.15) is 0 Å². The van der Waals surface area contributed by atoms with Crippen LogP contribution >= 0.6 is 11.3 Å². The fourth-order valence-corrected chi connectivity index (χ4v) is 3.64. The molecule has 2 heterocycles. The number of anilines is 1. The average Bonchev–Trinajstić information content (AvgIpc) is 3.33. The van der Waals surface area contributed by atoms with Gasteiger partial charge in [-0.3, -0.25) is 9.59 Å². The Morgan fingerprint density at radius 2 is 1.96 bits per heavy atom. The fraction of sp³-hybridized carbons (Fsp3) is 0.350. The minimum Gasteiger partial charge on any atom is -0.454 e. The van der Waals surface area contributed by atoms with Gasteiger partial charge >= 0.3 is 5.97 Å². The van der Waals surface area contributed by atoms with Gasteiger partial charge in [-0.25, -0.2) is 4.79 Å². The number of hydrogen-bond donors (Lipinski definition) is 1. The van der Waals surface area contributed by atoms with Gasteiger partial charge in [0.25, 0.3) is 11.8 Å². The quantitative estimate of drug-likeness (QED) is 0.775. The highest BCUT2D eigenvalue weighted by Crippen LogP contribution is 2.27. The molecule has 0 radical (unpaired) electrons. The van der Waals surface area contributed by atoms with Crippen LogP contribution in [0.4, 0.5) is 5.69 Å². The molecule has 2 aromatic rings. The molecule has 1 N–H and O–H groups in total. The Kier molecular flexibility index (Phi) is 5.91. The maximum Gasteiger partial charge on any atom is 0.329 e. The van der Waals surface area contributed by atoms with Crippen LogP contribution in [-0.2, 0) is 20.7 Å². The molecule has 1 atom stereocenters. The topological polar surface area (TPSA) is 75.7 Å². The third kappa shape index (κ3) is 4.36. The summed E-state index contributed by atoms with van der Waals surface area (Å²) in [4.78, 5) is 39.3. The van der Waals surface area contributed by atoms with Gasteiger partial charge in [0.2, 0.25) is 0 Å². The van der Waals surface area contributed by atoms with Crippen LogP contribution < -0.4 is 10.2 Å². The lowest BCUT2D eigenvalue weighted by Gasteiger charge is -2.22. The number of carbonyl (C=O) groups excluding carboxylic acids is 3. The number of rotatable bonds is 6. The monoisotopic (exact) mass is 386 g/mol. The predicted molar refractivity (Wildman–Crippen MR) is 104 cm³/mol. The first-order valence-electron chi connectivity index (χ1n) is 8.86. The highest BCUT2D eigenvalue weighted by atomic mass is 32.1. The SMILES string of the molecule is CC(C)C(NC(=O)c1cccs1)C(=O)OCC(=O)N1CCc2ccccc21. The number of benzene rings is 1. The van der Waals surface area contributed by atoms with Gasteiger partial charge in [0.05, 0.1) is 4.88 Å². The summed E-state index contributed by atoms with van der Waals surface area (Å²) in [6.07, 6.45) is 0.793. The summed E-state index contributed by atoms with van der Waals surface area (Å²) in [5.41, 5.74) is 1.98. The van der Waals surface area contributed by atoms with Gasteiger partial charge in [-0.15, -0.1) is 11.3 Å². The highest BCUT2D eigenvalue weighted by Gasteiger charge is 2.29. The lowest BCUT2D eigenvalue weighted by atomic mass is 10.0. The number of ether oxygens (including phenoxy) is 1. The molecule has 3 rings (SSSR count). The zero-order chi connectivity index (χ0) is 19.4. The van der Waals surface area contributed by atoms with Crippen LogP contribution in [0.5, 0.6) is 0 Å². The lowest BCUT2D eigenvalue weighted by molar-refractivity contribution is -0.150. The van der Waals surface area contributed by atoms with Crippen LogP contribution in [0.3, 0.4) is 0 Å². The van der Waals surface area contributed by atoms with Crippen molar-refractivity contribution in [3.63, 3.8) is 0 Å². The summed E-state index contributed by atoms with van der Waals surface area (Å²) in [5.74, 6) is -1.35. The molecule has 1 aromatic carbocycles. The summed E-state index contributed by atoms with van der Waals surface area (Å²) in [6, 6.07) is 10.4. The van der Waals surface area contributed by atoms with Crippen LogP contribution in [0, 0.1) is 5.92 Å². The molecule has 0 bridgehead atoms. The fourth-order valence-electron chi connectivity index (χ4n) is 3.02. The summed E-state index contributed by atoms with van der Waals surface area (Å²) in [5, 5.41) is 4.50. The van der Waals surface area contributed by atoms with Crippen molar-refractivity contribution in [1.82, 2.24) is 5.32 Å². The van der Waals surface area contributed by atoms with Crippen molar-refractivity contribution in [2.24, 2.45) is 5.92 Å².